The van der Waals surface area contributed by atoms with Crippen LogP contribution in [0.1, 0.15) is 43.5 Å². The fourth-order valence-corrected chi connectivity index (χ4v) is 2.18. The summed E-state index contributed by atoms with van der Waals surface area (Å²) in [6.45, 7) is 4.01. The van der Waals surface area contributed by atoms with Crippen LogP contribution in [0.4, 0.5) is 0 Å². The molecule has 1 aliphatic carbocycles. The lowest BCUT2D eigenvalue weighted by Crippen LogP contribution is -2.15. The van der Waals surface area contributed by atoms with Gasteiger partial charge in [-0.1, -0.05) is 6.92 Å². The topological polar surface area (TPSA) is 42.7 Å². The molecule has 0 aliphatic heterocycles. The highest BCUT2D eigenvalue weighted by Crippen LogP contribution is 2.38. The molecule has 0 atom stereocenters. The van der Waals surface area contributed by atoms with Crippen molar-refractivity contribution in [3.63, 3.8) is 0 Å². The van der Waals surface area contributed by atoms with Gasteiger partial charge in [-0.3, -0.25) is 4.98 Å². The van der Waals surface area contributed by atoms with Gasteiger partial charge in [-0.05, 0) is 44.0 Å². The van der Waals surface area contributed by atoms with Crippen LogP contribution in [-0.2, 0) is 6.54 Å². The quantitative estimate of drug-likeness (QED) is 0.808. The molecule has 19 heavy (non-hydrogen) atoms. The van der Waals surface area contributed by atoms with E-state index in [9.17, 15) is 0 Å². The van der Waals surface area contributed by atoms with Gasteiger partial charge < -0.3 is 5.32 Å². The maximum absolute atomic E-state index is 4.65. The molecule has 4 nitrogen and oxygen atoms in total. The Kier molecular flexibility index (Phi) is 3.60. The zero-order valence-corrected chi connectivity index (χ0v) is 11.3. The van der Waals surface area contributed by atoms with Crippen LogP contribution in [0.15, 0.2) is 30.6 Å². The minimum Gasteiger partial charge on any atom is -0.311 e. The lowest BCUT2D eigenvalue weighted by molar-refractivity contribution is 0.663. The maximum Gasteiger partial charge on any atom is 0.0679 e. The second-order valence-electron chi connectivity index (χ2n) is 5.14. The van der Waals surface area contributed by atoms with Crippen LogP contribution in [0, 0.1) is 0 Å². The molecular formula is C15H20N4. The minimum atomic E-state index is 0.703. The summed E-state index contributed by atoms with van der Waals surface area (Å²) in [5.41, 5.74) is 3.38. The zero-order valence-electron chi connectivity index (χ0n) is 11.3. The predicted molar refractivity (Wildman–Crippen MR) is 75.3 cm³/mol. The van der Waals surface area contributed by atoms with Gasteiger partial charge in [0.1, 0.15) is 0 Å². The van der Waals surface area contributed by atoms with Crippen molar-refractivity contribution in [3.05, 3.63) is 42.0 Å². The molecule has 1 aliphatic rings. The van der Waals surface area contributed by atoms with E-state index < -0.39 is 0 Å². The van der Waals surface area contributed by atoms with Gasteiger partial charge in [-0.25, -0.2) is 4.68 Å². The van der Waals surface area contributed by atoms with Crippen molar-refractivity contribution < 1.29 is 0 Å². The van der Waals surface area contributed by atoms with Gasteiger partial charge in [-0.15, -0.1) is 0 Å². The van der Waals surface area contributed by atoms with Crippen molar-refractivity contribution in [2.24, 2.45) is 0 Å². The zero-order chi connectivity index (χ0) is 13.1. The van der Waals surface area contributed by atoms with E-state index in [0.717, 1.165) is 30.9 Å². The van der Waals surface area contributed by atoms with Crippen molar-refractivity contribution in [1.82, 2.24) is 20.1 Å². The van der Waals surface area contributed by atoms with Gasteiger partial charge in [0.15, 0.2) is 0 Å². The van der Waals surface area contributed by atoms with Gasteiger partial charge in [0.2, 0.25) is 0 Å². The second kappa shape index (κ2) is 5.53. The summed E-state index contributed by atoms with van der Waals surface area (Å²) in [7, 11) is 0. The van der Waals surface area contributed by atoms with Crippen molar-refractivity contribution >= 4 is 0 Å². The van der Waals surface area contributed by atoms with Crippen LogP contribution in [0.25, 0.3) is 5.69 Å². The number of pyridine rings is 1. The third kappa shape index (κ3) is 3.01. The molecule has 1 fully saturated rings. The number of hydrogen-bond donors (Lipinski definition) is 1. The largest absolute Gasteiger partial charge is 0.311 e. The van der Waals surface area contributed by atoms with E-state index in [1.165, 1.54) is 18.5 Å². The second-order valence-corrected chi connectivity index (χ2v) is 5.14. The van der Waals surface area contributed by atoms with Gasteiger partial charge in [0.25, 0.3) is 0 Å². The SMILES string of the molecule is CCCNCc1cc(-n2ccc(C3CC3)n2)ccn1. The van der Waals surface area contributed by atoms with Gasteiger partial charge in [0.05, 0.1) is 17.1 Å². The smallest absolute Gasteiger partial charge is 0.0679 e. The van der Waals surface area contributed by atoms with E-state index in [0.29, 0.717) is 5.92 Å². The normalized spacial score (nSPS) is 14.8. The van der Waals surface area contributed by atoms with E-state index in [4.69, 9.17) is 0 Å². The van der Waals surface area contributed by atoms with Crippen LogP contribution < -0.4 is 5.32 Å². The van der Waals surface area contributed by atoms with Crippen molar-refractivity contribution in [3.8, 4) is 5.69 Å². The Labute approximate surface area is 113 Å². The first-order valence-corrected chi connectivity index (χ1v) is 7.08. The third-order valence-electron chi connectivity index (χ3n) is 3.40. The predicted octanol–water partition coefficient (Wildman–Crippen LogP) is 2.64. The highest BCUT2D eigenvalue weighted by atomic mass is 15.3. The van der Waals surface area contributed by atoms with Gasteiger partial charge in [-0.2, -0.15) is 5.10 Å². The van der Waals surface area contributed by atoms with Crippen molar-refractivity contribution in [1.29, 1.82) is 0 Å². The first kappa shape index (κ1) is 12.4. The molecule has 2 aromatic heterocycles. The van der Waals surface area contributed by atoms with Crippen LogP contribution in [-0.4, -0.2) is 21.3 Å². The molecule has 0 radical (unpaired) electrons. The first-order chi connectivity index (χ1) is 9.36. The molecule has 0 spiro atoms. The van der Waals surface area contributed by atoms with E-state index in [2.05, 4.69) is 34.5 Å². The van der Waals surface area contributed by atoms with E-state index in [1.807, 2.05) is 23.1 Å². The summed E-state index contributed by atoms with van der Waals surface area (Å²) in [4.78, 5) is 4.39. The molecule has 2 heterocycles. The molecule has 1 saturated carbocycles. The molecule has 0 bridgehead atoms. The molecule has 2 aromatic rings. The molecule has 100 valence electrons. The molecule has 0 aromatic carbocycles. The Morgan fingerprint density at radius 1 is 1.37 bits per heavy atom. The van der Waals surface area contributed by atoms with Crippen LogP contribution >= 0.6 is 0 Å². The number of nitrogens with zero attached hydrogens (tertiary/aromatic N) is 3. The Morgan fingerprint density at radius 3 is 3.05 bits per heavy atom. The van der Waals surface area contributed by atoms with E-state index >= 15 is 0 Å². The molecule has 3 rings (SSSR count). The van der Waals surface area contributed by atoms with E-state index in [-0.39, 0.29) is 0 Å². The lowest BCUT2D eigenvalue weighted by atomic mass is 10.3. The number of rotatable bonds is 6. The molecule has 0 saturated heterocycles. The monoisotopic (exact) mass is 256 g/mol. The average Bonchev–Trinajstić information content (AvgIpc) is 3.17. The first-order valence-electron chi connectivity index (χ1n) is 7.08. The summed E-state index contributed by atoms with van der Waals surface area (Å²) in [6, 6.07) is 6.24. The van der Waals surface area contributed by atoms with Crippen LogP contribution in [0.3, 0.4) is 0 Å². The highest BCUT2D eigenvalue weighted by molar-refractivity contribution is 5.32. The Morgan fingerprint density at radius 2 is 2.26 bits per heavy atom. The Bertz CT molecular complexity index is 543. The Balaban J connectivity index is 1.73. The highest BCUT2D eigenvalue weighted by Gasteiger charge is 2.25. The summed E-state index contributed by atoms with van der Waals surface area (Å²) in [6.07, 6.45) is 7.63. The Hall–Kier alpha value is -1.68. The molecular weight excluding hydrogens is 236 g/mol. The fraction of sp³-hybridized carbons (Fsp3) is 0.467. The maximum atomic E-state index is 4.65. The summed E-state index contributed by atoms with van der Waals surface area (Å²) >= 11 is 0. The van der Waals surface area contributed by atoms with Crippen molar-refractivity contribution in [2.75, 3.05) is 6.54 Å². The summed E-state index contributed by atoms with van der Waals surface area (Å²) in [5, 5.41) is 8.02. The minimum absolute atomic E-state index is 0.703. The molecule has 0 unspecified atom stereocenters. The van der Waals surface area contributed by atoms with Crippen LogP contribution in [0.5, 0.6) is 0 Å². The van der Waals surface area contributed by atoms with Gasteiger partial charge >= 0.3 is 0 Å². The number of nitrogens with one attached hydrogen (secondary N) is 1. The third-order valence-corrected chi connectivity index (χ3v) is 3.40. The van der Waals surface area contributed by atoms with Crippen LogP contribution in [0.2, 0.25) is 0 Å². The molecule has 4 heteroatoms. The molecule has 0 amide bonds. The summed E-state index contributed by atoms with van der Waals surface area (Å²) in [5.74, 6) is 0.703. The summed E-state index contributed by atoms with van der Waals surface area (Å²) < 4.78 is 1.96. The lowest BCUT2D eigenvalue weighted by Gasteiger charge is -2.05. The molecule has 1 N–H and O–H groups in total. The average molecular weight is 256 g/mol. The standard InChI is InChI=1S/C15H20N4/c1-2-7-16-11-13-10-14(5-8-17-13)19-9-6-15(18-19)12-3-4-12/h5-6,8-10,12,16H,2-4,7,11H2,1H3. The fourth-order valence-electron chi connectivity index (χ4n) is 2.18. The van der Waals surface area contributed by atoms with Gasteiger partial charge in [0, 0.05) is 24.9 Å². The van der Waals surface area contributed by atoms with E-state index in [1.54, 1.807) is 0 Å². The number of aromatic nitrogens is 3. The van der Waals surface area contributed by atoms with Crippen molar-refractivity contribution in [2.45, 2.75) is 38.6 Å². The number of hydrogen-bond acceptors (Lipinski definition) is 3.